The molecular formula is C44H34N2S. The van der Waals surface area contributed by atoms with Crippen molar-refractivity contribution in [3.05, 3.63) is 186 Å². The van der Waals surface area contributed by atoms with Gasteiger partial charge >= 0.3 is 0 Å². The molecule has 0 bridgehead atoms. The van der Waals surface area contributed by atoms with E-state index in [9.17, 15) is 0 Å². The van der Waals surface area contributed by atoms with Crippen molar-refractivity contribution in [2.45, 2.75) is 12.8 Å². The Labute approximate surface area is 280 Å². The Morgan fingerprint density at radius 1 is 0.638 bits per heavy atom. The van der Waals surface area contributed by atoms with Gasteiger partial charge in [-0.05, 0) is 88.0 Å². The quantitative estimate of drug-likeness (QED) is 0.193. The standard InChI is InChI=1S/C44H34N2S/c1-31-15-12-13-28-47-43(30-40-39-23-10-11-24-42(39)46(44(40)32(31)2)36-20-4-3-5-21-36)45(37-27-26-33-16-6-7-18-35(33)29-37)41-25-14-19-34-17-8-9-22-38(34)41/h3-11,13-14,16-30H,1-2,12,15H2/b28-13-,43-30-. The van der Waals surface area contributed by atoms with Gasteiger partial charge < -0.3 is 9.47 Å². The van der Waals surface area contributed by atoms with E-state index in [1.165, 1.54) is 26.9 Å². The van der Waals surface area contributed by atoms with Crippen LogP contribution < -0.4 is 4.90 Å². The summed E-state index contributed by atoms with van der Waals surface area (Å²) in [6.45, 7) is 9.22. The molecule has 0 aliphatic carbocycles. The molecule has 2 heterocycles. The van der Waals surface area contributed by atoms with Gasteiger partial charge in [-0.2, -0.15) is 0 Å². The molecule has 0 unspecified atom stereocenters. The molecule has 226 valence electrons. The molecule has 0 spiro atoms. The first-order valence-corrected chi connectivity index (χ1v) is 16.9. The molecule has 1 aromatic heterocycles. The van der Waals surface area contributed by atoms with Crippen molar-refractivity contribution in [2.24, 2.45) is 0 Å². The number of fused-ring (bicyclic) bond motifs is 5. The predicted molar refractivity (Wildman–Crippen MR) is 205 cm³/mol. The number of hydrogen-bond acceptors (Lipinski definition) is 2. The molecule has 0 radical (unpaired) electrons. The Balaban J connectivity index is 1.47. The summed E-state index contributed by atoms with van der Waals surface area (Å²) >= 11 is 1.76. The average molecular weight is 623 g/mol. The first kappa shape index (κ1) is 28.9. The van der Waals surface area contributed by atoms with Crippen LogP contribution in [0.4, 0.5) is 11.4 Å². The lowest BCUT2D eigenvalue weighted by Crippen LogP contribution is -2.15. The van der Waals surface area contributed by atoms with Crippen LogP contribution >= 0.6 is 11.8 Å². The molecular weight excluding hydrogens is 589 g/mol. The fraction of sp³-hybridized carbons (Fsp3) is 0.0455. The van der Waals surface area contributed by atoms with Gasteiger partial charge in [0.15, 0.2) is 0 Å². The predicted octanol–water partition coefficient (Wildman–Crippen LogP) is 12.7. The Kier molecular flexibility index (Phi) is 7.60. The topological polar surface area (TPSA) is 8.17 Å². The van der Waals surface area contributed by atoms with Crippen LogP contribution in [0.15, 0.2) is 175 Å². The highest BCUT2D eigenvalue weighted by atomic mass is 32.2. The summed E-state index contributed by atoms with van der Waals surface area (Å²) in [5.41, 5.74) is 8.74. The third-order valence-corrected chi connectivity index (χ3v) is 9.90. The van der Waals surface area contributed by atoms with Crippen molar-refractivity contribution >= 4 is 67.2 Å². The number of para-hydroxylation sites is 2. The highest BCUT2D eigenvalue weighted by molar-refractivity contribution is 8.06. The van der Waals surface area contributed by atoms with Gasteiger partial charge in [0, 0.05) is 27.7 Å². The number of thioether (sulfide) groups is 1. The molecule has 0 fully saturated rings. The maximum Gasteiger partial charge on any atom is 0.0848 e. The number of hydrogen-bond donors (Lipinski definition) is 0. The van der Waals surface area contributed by atoms with Gasteiger partial charge in [-0.3, -0.25) is 0 Å². The number of benzene rings is 6. The van der Waals surface area contributed by atoms with E-state index in [2.05, 4.69) is 180 Å². The van der Waals surface area contributed by atoms with E-state index in [0.29, 0.717) is 0 Å². The Morgan fingerprint density at radius 2 is 1.34 bits per heavy atom. The van der Waals surface area contributed by atoms with Crippen LogP contribution in [0.1, 0.15) is 24.1 Å². The van der Waals surface area contributed by atoms with E-state index in [1.807, 2.05) is 0 Å². The van der Waals surface area contributed by atoms with E-state index >= 15 is 0 Å². The number of rotatable bonds is 4. The summed E-state index contributed by atoms with van der Waals surface area (Å²) in [5.74, 6) is 0. The molecule has 0 N–H and O–H groups in total. The van der Waals surface area contributed by atoms with Gasteiger partial charge in [-0.15, -0.1) is 0 Å². The molecule has 0 saturated carbocycles. The second-order valence-corrected chi connectivity index (χ2v) is 12.8. The smallest absolute Gasteiger partial charge is 0.0848 e. The zero-order valence-corrected chi connectivity index (χ0v) is 27.0. The molecule has 2 nitrogen and oxygen atoms in total. The molecule has 1 aliphatic rings. The summed E-state index contributed by atoms with van der Waals surface area (Å²) < 4.78 is 2.36. The van der Waals surface area contributed by atoms with Gasteiger partial charge in [0.1, 0.15) is 0 Å². The molecule has 0 amide bonds. The fourth-order valence-corrected chi connectivity index (χ4v) is 7.56. The number of anilines is 2. The minimum atomic E-state index is 0.846. The Bertz CT molecular complexity index is 2370. The van der Waals surface area contributed by atoms with Gasteiger partial charge in [0.05, 0.1) is 21.9 Å². The molecule has 3 heteroatoms. The Morgan fingerprint density at radius 3 is 2.19 bits per heavy atom. The second-order valence-electron chi connectivity index (χ2n) is 11.9. The molecule has 0 atom stereocenters. The van der Waals surface area contributed by atoms with Crippen molar-refractivity contribution in [3.63, 3.8) is 0 Å². The van der Waals surface area contributed by atoms with E-state index in [4.69, 9.17) is 0 Å². The lowest BCUT2D eigenvalue weighted by atomic mass is 9.97. The molecule has 8 rings (SSSR count). The maximum atomic E-state index is 4.69. The summed E-state index contributed by atoms with van der Waals surface area (Å²) in [5, 5.41) is 9.36. The Hall–Kier alpha value is -5.51. The van der Waals surface area contributed by atoms with Crippen LogP contribution in [-0.4, -0.2) is 4.57 Å². The zero-order valence-electron chi connectivity index (χ0n) is 26.1. The summed E-state index contributed by atoms with van der Waals surface area (Å²) in [6.07, 6.45) is 6.37. The minimum Gasteiger partial charge on any atom is -0.309 e. The number of nitrogens with zero attached hydrogens (tertiary/aromatic N) is 2. The largest absolute Gasteiger partial charge is 0.309 e. The molecule has 0 saturated heterocycles. The second kappa shape index (κ2) is 12.4. The number of aromatic nitrogens is 1. The summed E-state index contributed by atoms with van der Waals surface area (Å²) in [7, 11) is 0. The van der Waals surface area contributed by atoms with Gasteiger partial charge in [0.25, 0.3) is 0 Å². The average Bonchev–Trinajstić information content (AvgIpc) is 3.44. The van der Waals surface area contributed by atoms with Crippen molar-refractivity contribution < 1.29 is 0 Å². The first-order valence-electron chi connectivity index (χ1n) is 16.0. The van der Waals surface area contributed by atoms with Crippen LogP contribution in [0, 0.1) is 0 Å². The molecule has 6 aromatic carbocycles. The lowest BCUT2D eigenvalue weighted by molar-refractivity contribution is 1.01. The van der Waals surface area contributed by atoms with E-state index in [1.54, 1.807) is 11.8 Å². The molecule has 1 aliphatic heterocycles. The van der Waals surface area contributed by atoms with Crippen LogP contribution in [0.5, 0.6) is 0 Å². The minimum absolute atomic E-state index is 0.846. The SMILES string of the molecule is C=C1CC/C=C\S/C(N(c2ccc3ccccc3c2)c2cccc3ccccc23)=C\c2c(n(-c3ccccc3)c3ccccc23)C1=C. The van der Waals surface area contributed by atoms with Crippen molar-refractivity contribution in [1.29, 1.82) is 0 Å². The molecule has 7 aromatic rings. The lowest BCUT2D eigenvalue weighted by Gasteiger charge is -2.29. The third kappa shape index (κ3) is 5.29. The first-order chi connectivity index (χ1) is 23.2. The van der Waals surface area contributed by atoms with Gasteiger partial charge in [-0.1, -0.05) is 134 Å². The maximum absolute atomic E-state index is 4.69. The monoisotopic (exact) mass is 622 g/mol. The number of allylic oxidation sites excluding steroid dienone is 3. The van der Waals surface area contributed by atoms with Crippen LogP contribution in [0.25, 0.3) is 49.8 Å². The van der Waals surface area contributed by atoms with Gasteiger partial charge in [-0.25, -0.2) is 0 Å². The van der Waals surface area contributed by atoms with Gasteiger partial charge in [0.2, 0.25) is 0 Å². The highest BCUT2D eigenvalue weighted by Crippen LogP contribution is 2.44. The highest BCUT2D eigenvalue weighted by Gasteiger charge is 2.24. The van der Waals surface area contributed by atoms with E-state index in [0.717, 1.165) is 62.9 Å². The van der Waals surface area contributed by atoms with Crippen LogP contribution in [0.2, 0.25) is 0 Å². The van der Waals surface area contributed by atoms with Crippen molar-refractivity contribution in [2.75, 3.05) is 4.90 Å². The van der Waals surface area contributed by atoms with Crippen LogP contribution in [0.3, 0.4) is 0 Å². The fourth-order valence-electron chi connectivity index (χ4n) is 6.69. The third-order valence-electron chi connectivity index (χ3n) is 9.03. The summed E-state index contributed by atoms with van der Waals surface area (Å²) in [4.78, 5) is 2.43. The van der Waals surface area contributed by atoms with Crippen molar-refractivity contribution in [1.82, 2.24) is 4.57 Å². The summed E-state index contributed by atoms with van der Waals surface area (Å²) in [6, 6.07) is 49.9. The normalized spacial score (nSPS) is 15.6. The van der Waals surface area contributed by atoms with Crippen LogP contribution in [-0.2, 0) is 0 Å². The molecule has 47 heavy (non-hydrogen) atoms. The van der Waals surface area contributed by atoms with Crippen molar-refractivity contribution in [3.8, 4) is 5.69 Å². The van der Waals surface area contributed by atoms with E-state index in [-0.39, 0.29) is 0 Å². The van der Waals surface area contributed by atoms with E-state index < -0.39 is 0 Å². The zero-order chi connectivity index (χ0) is 31.7.